The van der Waals surface area contributed by atoms with Gasteiger partial charge in [-0.1, -0.05) is 30.3 Å². The van der Waals surface area contributed by atoms with Crippen LogP contribution in [0, 0.1) is 5.82 Å². The van der Waals surface area contributed by atoms with Crippen LogP contribution in [0.5, 0.6) is 0 Å². The van der Waals surface area contributed by atoms with E-state index >= 15 is 0 Å². The van der Waals surface area contributed by atoms with Gasteiger partial charge in [0.2, 0.25) is 6.17 Å². The smallest absolute Gasteiger partial charge is 0.273 e. The number of fused-ring (bicyclic) bond motifs is 2. The lowest BCUT2D eigenvalue weighted by Crippen LogP contribution is -2.46. The lowest BCUT2D eigenvalue weighted by atomic mass is 10.00. The second-order valence-corrected chi connectivity index (χ2v) is 7.60. The number of amides is 2. The summed E-state index contributed by atoms with van der Waals surface area (Å²) in [5.41, 5.74) is 3.02. The van der Waals surface area contributed by atoms with E-state index < -0.39 is 23.8 Å². The Morgan fingerprint density at radius 1 is 1.13 bits per heavy atom. The van der Waals surface area contributed by atoms with E-state index in [-0.39, 0.29) is 11.3 Å². The number of hydrogen-bond acceptors (Lipinski definition) is 4. The average molecular weight is 417 g/mol. The molecular formula is C23H20FN5O2. The van der Waals surface area contributed by atoms with E-state index in [1.807, 2.05) is 0 Å². The predicted molar refractivity (Wildman–Crippen MR) is 114 cm³/mol. The molecular weight excluding hydrogens is 397 g/mol. The van der Waals surface area contributed by atoms with Crippen LogP contribution in [0.3, 0.4) is 0 Å². The van der Waals surface area contributed by atoms with Crippen molar-refractivity contribution >= 4 is 23.2 Å². The van der Waals surface area contributed by atoms with Crippen LogP contribution in [-0.4, -0.2) is 40.5 Å². The number of aryl methyl sites for hydroxylation is 2. The van der Waals surface area contributed by atoms with Crippen molar-refractivity contribution in [2.24, 2.45) is 4.99 Å². The molecule has 1 N–H and O–H groups in total. The van der Waals surface area contributed by atoms with E-state index in [0.717, 1.165) is 25.1 Å². The second kappa shape index (κ2) is 7.46. The van der Waals surface area contributed by atoms with Crippen molar-refractivity contribution in [3.8, 4) is 0 Å². The molecule has 0 bridgehead atoms. The minimum atomic E-state index is -1.21. The molecule has 0 aliphatic carbocycles. The zero-order chi connectivity index (χ0) is 21.5. The van der Waals surface area contributed by atoms with Crippen LogP contribution in [0.4, 0.5) is 10.1 Å². The Labute approximate surface area is 178 Å². The van der Waals surface area contributed by atoms with Crippen molar-refractivity contribution in [3.63, 3.8) is 0 Å². The van der Waals surface area contributed by atoms with E-state index in [1.165, 1.54) is 11.0 Å². The number of carbonyl (C=O) groups excluding carboxylic acids is 2. The number of benzodiazepines with no additional fused rings is 1. The molecule has 1 atom stereocenters. The van der Waals surface area contributed by atoms with Gasteiger partial charge in [0.15, 0.2) is 5.69 Å². The van der Waals surface area contributed by atoms with Gasteiger partial charge in [-0.05, 0) is 37.1 Å². The molecule has 2 aliphatic heterocycles. The first-order chi connectivity index (χ1) is 15.0. The van der Waals surface area contributed by atoms with Gasteiger partial charge in [0.1, 0.15) is 5.82 Å². The molecule has 156 valence electrons. The predicted octanol–water partition coefficient (Wildman–Crippen LogP) is 2.54. The maximum atomic E-state index is 14.7. The van der Waals surface area contributed by atoms with Gasteiger partial charge < -0.3 is 10.2 Å². The van der Waals surface area contributed by atoms with Gasteiger partial charge in [0.05, 0.1) is 11.4 Å². The Kier molecular flexibility index (Phi) is 4.62. The Bertz CT molecular complexity index is 1210. The van der Waals surface area contributed by atoms with Crippen molar-refractivity contribution in [1.29, 1.82) is 0 Å². The highest BCUT2D eigenvalue weighted by molar-refractivity contribution is 6.20. The number of nitrogens with one attached hydrogen (secondary N) is 1. The van der Waals surface area contributed by atoms with Gasteiger partial charge in [0.25, 0.3) is 11.8 Å². The van der Waals surface area contributed by atoms with Crippen molar-refractivity contribution in [2.45, 2.75) is 25.6 Å². The van der Waals surface area contributed by atoms with E-state index in [4.69, 9.17) is 0 Å². The van der Waals surface area contributed by atoms with Gasteiger partial charge in [-0.15, -0.1) is 0 Å². The van der Waals surface area contributed by atoms with Crippen LogP contribution in [0.1, 0.15) is 33.7 Å². The standard InChI is InChI=1S/C23H20FN5O2/c1-28-19-11-5-3-9-16(19)20(15-8-2-4-10-17(15)24)25-21(23(28)31)26-22(30)18-13-14-7-6-12-29(14)27-18/h2-5,8-11,13,21H,6-7,12H2,1H3,(H,26,30). The number of para-hydroxylation sites is 1. The number of anilines is 1. The minimum Gasteiger partial charge on any atom is -0.321 e. The number of hydrogen-bond donors (Lipinski definition) is 1. The fourth-order valence-corrected chi connectivity index (χ4v) is 4.05. The van der Waals surface area contributed by atoms with E-state index in [2.05, 4.69) is 15.4 Å². The van der Waals surface area contributed by atoms with Gasteiger partial charge in [-0.3, -0.25) is 14.3 Å². The number of carbonyl (C=O) groups is 2. The van der Waals surface area contributed by atoms with Crippen LogP contribution in [0.15, 0.2) is 59.6 Å². The molecule has 3 heterocycles. The molecule has 1 unspecified atom stereocenters. The molecule has 7 nitrogen and oxygen atoms in total. The third-order valence-electron chi connectivity index (χ3n) is 5.64. The number of likely N-dealkylation sites (N-methyl/N-ethyl adjacent to an activating group) is 1. The molecule has 0 saturated heterocycles. The lowest BCUT2D eigenvalue weighted by molar-refractivity contribution is -0.119. The molecule has 8 heteroatoms. The molecule has 1 aromatic heterocycles. The number of halogens is 1. The van der Waals surface area contributed by atoms with E-state index in [1.54, 1.807) is 60.3 Å². The van der Waals surface area contributed by atoms with Gasteiger partial charge in [-0.25, -0.2) is 9.38 Å². The number of nitrogens with zero attached hydrogens (tertiary/aromatic N) is 4. The normalized spacial score (nSPS) is 17.6. The highest BCUT2D eigenvalue weighted by Crippen LogP contribution is 2.28. The van der Waals surface area contributed by atoms with Crippen LogP contribution in [0.2, 0.25) is 0 Å². The summed E-state index contributed by atoms with van der Waals surface area (Å²) in [4.78, 5) is 32.0. The summed E-state index contributed by atoms with van der Waals surface area (Å²) in [5, 5.41) is 7.01. The van der Waals surface area contributed by atoms with Crippen molar-refractivity contribution in [3.05, 3.63) is 82.9 Å². The molecule has 0 fully saturated rings. The maximum Gasteiger partial charge on any atom is 0.273 e. The van der Waals surface area contributed by atoms with Gasteiger partial charge in [-0.2, -0.15) is 5.10 Å². The summed E-state index contributed by atoms with van der Waals surface area (Å²) >= 11 is 0. The SMILES string of the molecule is CN1C(=O)C(NC(=O)c2cc3n(n2)CCC3)N=C(c2ccccc2F)c2ccccc21. The average Bonchev–Trinajstić information content (AvgIpc) is 3.36. The molecule has 2 aliphatic rings. The monoisotopic (exact) mass is 417 g/mol. The van der Waals surface area contributed by atoms with Crippen LogP contribution in [0.25, 0.3) is 0 Å². The first kappa shape index (κ1) is 19.2. The Balaban J connectivity index is 1.56. The first-order valence-electron chi connectivity index (χ1n) is 10.1. The number of aliphatic imine (C=N–C) groups is 1. The highest BCUT2D eigenvalue weighted by atomic mass is 19.1. The van der Waals surface area contributed by atoms with E-state index in [9.17, 15) is 14.0 Å². The fraction of sp³-hybridized carbons (Fsp3) is 0.217. The Hall–Kier alpha value is -3.81. The molecule has 2 aromatic carbocycles. The molecule has 31 heavy (non-hydrogen) atoms. The summed E-state index contributed by atoms with van der Waals surface area (Å²) in [7, 11) is 1.62. The van der Waals surface area contributed by atoms with Gasteiger partial charge in [0, 0.05) is 30.4 Å². The lowest BCUT2D eigenvalue weighted by Gasteiger charge is -2.20. The van der Waals surface area contributed by atoms with Crippen LogP contribution < -0.4 is 10.2 Å². The van der Waals surface area contributed by atoms with Crippen LogP contribution >= 0.6 is 0 Å². The van der Waals surface area contributed by atoms with Crippen molar-refractivity contribution in [2.75, 3.05) is 11.9 Å². The quantitative estimate of drug-likeness (QED) is 0.711. The summed E-state index contributed by atoms with van der Waals surface area (Å²) in [6, 6.07) is 15.2. The summed E-state index contributed by atoms with van der Waals surface area (Å²) in [5.74, 6) is -1.36. The number of aromatic nitrogens is 2. The minimum absolute atomic E-state index is 0.245. The zero-order valence-corrected chi connectivity index (χ0v) is 16.9. The molecule has 0 spiro atoms. The zero-order valence-electron chi connectivity index (χ0n) is 16.9. The van der Waals surface area contributed by atoms with Gasteiger partial charge >= 0.3 is 0 Å². The van der Waals surface area contributed by atoms with Crippen LogP contribution in [-0.2, 0) is 17.8 Å². The summed E-state index contributed by atoms with van der Waals surface area (Å²) in [6.07, 6.45) is 0.664. The molecule has 0 saturated carbocycles. The molecule has 5 rings (SSSR count). The maximum absolute atomic E-state index is 14.7. The summed E-state index contributed by atoms with van der Waals surface area (Å²) in [6.45, 7) is 0.776. The largest absolute Gasteiger partial charge is 0.321 e. The van der Waals surface area contributed by atoms with E-state index in [0.29, 0.717) is 17.0 Å². The third kappa shape index (κ3) is 3.30. The fourth-order valence-electron chi connectivity index (χ4n) is 4.05. The number of rotatable bonds is 3. The summed E-state index contributed by atoms with van der Waals surface area (Å²) < 4.78 is 16.5. The highest BCUT2D eigenvalue weighted by Gasteiger charge is 2.32. The molecule has 0 radical (unpaired) electrons. The topological polar surface area (TPSA) is 79.6 Å². The Morgan fingerprint density at radius 2 is 1.87 bits per heavy atom. The third-order valence-corrected chi connectivity index (χ3v) is 5.64. The van der Waals surface area contributed by atoms with Crippen molar-refractivity contribution in [1.82, 2.24) is 15.1 Å². The Morgan fingerprint density at radius 3 is 2.65 bits per heavy atom. The molecule has 2 amide bonds. The first-order valence-corrected chi connectivity index (χ1v) is 10.1. The molecule has 3 aromatic rings. The second-order valence-electron chi connectivity index (χ2n) is 7.60. The van der Waals surface area contributed by atoms with Crippen molar-refractivity contribution < 1.29 is 14.0 Å². The number of benzene rings is 2.